The van der Waals surface area contributed by atoms with Gasteiger partial charge in [-0.3, -0.25) is 4.79 Å². The Labute approximate surface area is 187 Å². The van der Waals surface area contributed by atoms with Gasteiger partial charge in [-0.05, 0) is 55.5 Å². The first-order valence-corrected chi connectivity index (χ1v) is 10.8. The number of hydrogen-bond donors (Lipinski definition) is 1. The minimum absolute atomic E-state index is 0.00668. The fourth-order valence-corrected chi connectivity index (χ4v) is 4.08. The van der Waals surface area contributed by atoms with Crippen LogP contribution in [0.3, 0.4) is 0 Å². The molecule has 1 aliphatic carbocycles. The third-order valence-electron chi connectivity index (χ3n) is 6.50. The average molecular weight is 440 g/mol. The number of cyclic esters (lactones) is 1. The Hall–Kier alpha value is -3.22. The number of fused-ring (bicyclic) bond motifs is 1. The Bertz CT molecular complexity index is 1040. The first-order valence-electron chi connectivity index (χ1n) is 10.8. The molecule has 170 valence electrons. The number of rotatable bonds is 10. The molecule has 2 aliphatic rings. The summed E-state index contributed by atoms with van der Waals surface area (Å²) in [4.78, 5) is 23.0. The fraction of sp³-hybridized carbons (Fsp3) is 0.440. The van der Waals surface area contributed by atoms with Gasteiger partial charge in [-0.2, -0.15) is 0 Å². The summed E-state index contributed by atoms with van der Waals surface area (Å²) >= 11 is 0. The van der Waals surface area contributed by atoms with Gasteiger partial charge >= 0.3 is 11.9 Å². The molecule has 7 nitrogen and oxygen atoms in total. The molecule has 2 aromatic carbocycles. The van der Waals surface area contributed by atoms with E-state index in [1.54, 1.807) is 27.2 Å². The Balaban J connectivity index is 1.62. The minimum atomic E-state index is -0.766. The van der Waals surface area contributed by atoms with Gasteiger partial charge in [-0.1, -0.05) is 13.0 Å². The van der Waals surface area contributed by atoms with Crippen LogP contribution in [0.15, 0.2) is 30.3 Å². The van der Waals surface area contributed by atoms with Gasteiger partial charge in [0.15, 0.2) is 11.5 Å². The smallest absolute Gasteiger partial charge is 0.338 e. The van der Waals surface area contributed by atoms with Crippen molar-refractivity contribution < 1.29 is 33.6 Å². The number of ether oxygens (including phenoxy) is 4. The lowest BCUT2D eigenvalue weighted by atomic mass is 9.95. The van der Waals surface area contributed by atoms with Crippen LogP contribution in [0.4, 0.5) is 0 Å². The molecule has 0 amide bonds. The highest BCUT2D eigenvalue weighted by Gasteiger charge is 2.44. The monoisotopic (exact) mass is 440 g/mol. The van der Waals surface area contributed by atoms with Crippen LogP contribution in [-0.4, -0.2) is 37.9 Å². The van der Waals surface area contributed by atoms with Crippen LogP contribution in [0.1, 0.15) is 48.5 Å². The summed E-state index contributed by atoms with van der Waals surface area (Å²) in [5.74, 6) is 0.210. The van der Waals surface area contributed by atoms with Crippen molar-refractivity contribution in [3.05, 3.63) is 41.5 Å². The number of esters is 1. The molecule has 4 rings (SSSR count). The van der Waals surface area contributed by atoms with Gasteiger partial charge in [-0.15, -0.1) is 0 Å². The second-order valence-corrected chi connectivity index (χ2v) is 8.69. The lowest BCUT2D eigenvalue weighted by molar-refractivity contribution is -0.141. The summed E-state index contributed by atoms with van der Waals surface area (Å²) in [5, 5.41) is 9.19. The maximum Gasteiger partial charge on any atom is 0.338 e. The van der Waals surface area contributed by atoms with Gasteiger partial charge in [0.05, 0.1) is 32.3 Å². The van der Waals surface area contributed by atoms with Crippen molar-refractivity contribution in [1.82, 2.24) is 0 Å². The molecule has 1 aliphatic heterocycles. The number of carboxylic acids is 1. The lowest BCUT2D eigenvalue weighted by Crippen LogP contribution is -2.17. The Kier molecular flexibility index (Phi) is 6.00. The average Bonchev–Trinajstić information content (AvgIpc) is 3.49. The maximum absolute atomic E-state index is 11.8. The van der Waals surface area contributed by atoms with Gasteiger partial charge in [0, 0.05) is 16.5 Å². The Morgan fingerprint density at radius 3 is 2.53 bits per heavy atom. The van der Waals surface area contributed by atoms with Gasteiger partial charge in [-0.25, -0.2) is 4.79 Å². The topological polar surface area (TPSA) is 91.3 Å². The third-order valence-corrected chi connectivity index (χ3v) is 6.50. The zero-order valence-corrected chi connectivity index (χ0v) is 18.6. The SMILES string of the molecule is COc1ccc(-c2ccc3c(c2)COC3=O)c(OCC2(CCC(C)C(=O)O)CC2)c1OC. The number of methoxy groups -OCH3 is 2. The predicted octanol–water partition coefficient (Wildman–Crippen LogP) is 4.70. The summed E-state index contributed by atoms with van der Waals surface area (Å²) in [7, 11) is 3.15. The van der Waals surface area contributed by atoms with E-state index in [-0.39, 0.29) is 23.9 Å². The van der Waals surface area contributed by atoms with Crippen molar-refractivity contribution in [1.29, 1.82) is 0 Å². The molecule has 0 spiro atoms. The number of carboxylic acid groups (broad SMARTS) is 1. The molecule has 0 saturated heterocycles. The van der Waals surface area contributed by atoms with Crippen molar-refractivity contribution in [3.63, 3.8) is 0 Å². The normalized spacial score (nSPS) is 16.7. The van der Waals surface area contributed by atoms with E-state index in [0.717, 1.165) is 36.0 Å². The summed E-state index contributed by atoms with van der Waals surface area (Å²) < 4.78 is 22.6. The van der Waals surface area contributed by atoms with E-state index in [2.05, 4.69) is 0 Å². The van der Waals surface area contributed by atoms with Crippen molar-refractivity contribution >= 4 is 11.9 Å². The van der Waals surface area contributed by atoms with Crippen LogP contribution in [-0.2, 0) is 16.1 Å². The van der Waals surface area contributed by atoms with Crippen LogP contribution < -0.4 is 14.2 Å². The Morgan fingerprint density at radius 2 is 1.88 bits per heavy atom. The molecule has 1 fully saturated rings. The molecular weight excluding hydrogens is 412 g/mol. The van der Waals surface area contributed by atoms with E-state index in [1.165, 1.54) is 0 Å². The molecule has 2 aromatic rings. The fourth-order valence-electron chi connectivity index (χ4n) is 4.08. The highest BCUT2D eigenvalue weighted by molar-refractivity contribution is 5.94. The quantitative estimate of drug-likeness (QED) is 0.535. The number of benzene rings is 2. The molecule has 0 bridgehead atoms. The number of hydrogen-bond acceptors (Lipinski definition) is 6. The molecule has 1 saturated carbocycles. The number of carbonyl (C=O) groups excluding carboxylic acids is 1. The summed E-state index contributed by atoms with van der Waals surface area (Å²) in [5.41, 5.74) is 3.14. The summed E-state index contributed by atoms with van der Waals surface area (Å²) in [6, 6.07) is 9.34. The summed E-state index contributed by atoms with van der Waals surface area (Å²) in [6.07, 6.45) is 3.46. The summed E-state index contributed by atoms with van der Waals surface area (Å²) in [6.45, 7) is 2.48. The first kappa shape index (κ1) is 22.0. The van der Waals surface area contributed by atoms with Crippen molar-refractivity contribution in [2.24, 2.45) is 11.3 Å². The largest absolute Gasteiger partial charge is 0.493 e. The van der Waals surface area contributed by atoms with E-state index in [0.29, 0.717) is 35.8 Å². The van der Waals surface area contributed by atoms with E-state index in [4.69, 9.17) is 18.9 Å². The second-order valence-electron chi connectivity index (χ2n) is 8.69. The van der Waals surface area contributed by atoms with Crippen LogP contribution in [0.2, 0.25) is 0 Å². The van der Waals surface area contributed by atoms with Crippen molar-refractivity contribution in [3.8, 4) is 28.4 Å². The molecular formula is C25H28O7. The van der Waals surface area contributed by atoms with Crippen LogP contribution in [0.5, 0.6) is 17.2 Å². The molecule has 0 radical (unpaired) electrons. The van der Waals surface area contributed by atoms with E-state index in [1.807, 2.05) is 24.3 Å². The number of aliphatic carboxylic acids is 1. The number of carbonyl (C=O) groups is 2. The zero-order valence-electron chi connectivity index (χ0n) is 18.6. The Morgan fingerprint density at radius 1 is 1.12 bits per heavy atom. The first-order chi connectivity index (χ1) is 15.4. The molecule has 32 heavy (non-hydrogen) atoms. The van der Waals surface area contributed by atoms with Crippen molar-refractivity contribution in [2.75, 3.05) is 20.8 Å². The molecule has 1 N–H and O–H groups in total. The van der Waals surface area contributed by atoms with Crippen molar-refractivity contribution in [2.45, 2.75) is 39.2 Å². The maximum atomic E-state index is 11.8. The highest BCUT2D eigenvalue weighted by atomic mass is 16.5. The minimum Gasteiger partial charge on any atom is -0.493 e. The van der Waals surface area contributed by atoms with E-state index < -0.39 is 5.97 Å². The standard InChI is InChI=1S/C25H28O7/c1-15(23(26)27)8-9-25(10-11-25)14-32-21-18(6-7-20(29-2)22(21)30-3)16-4-5-19-17(12-16)13-31-24(19)28/h4-7,12,15H,8-11,13-14H2,1-3H3,(H,26,27). The molecule has 1 atom stereocenters. The predicted molar refractivity (Wildman–Crippen MR) is 117 cm³/mol. The van der Waals surface area contributed by atoms with Gasteiger partial charge in [0.25, 0.3) is 0 Å². The third kappa shape index (κ3) is 4.24. The van der Waals surface area contributed by atoms with Gasteiger partial charge in [0.2, 0.25) is 5.75 Å². The second kappa shape index (κ2) is 8.73. The van der Waals surface area contributed by atoms with Crippen LogP contribution in [0, 0.1) is 11.3 Å². The van der Waals surface area contributed by atoms with Crippen LogP contribution in [0.25, 0.3) is 11.1 Å². The lowest BCUT2D eigenvalue weighted by Gasteiger charge is -2.22. The molecule has 1 heterocycles. The molecule has 0 aromatic heterocycles. The molecule has 1 unspecified atom stereocenters. The van der Waals surface area contributed by atoms with Crippen LogP contribution >= 0.6 is 0 Å². The van der Waals surface area contributed by atoms with Gasteiger partial charge < -0.3 is 24.1 Å². The highest BCUT2D eigenvalue weighted by Crippen LogP contribution is 2.52. The molecule has 7 heteroatoms. The van der Waals surface area contributed by atoms with E-state index in [9.17, 15) is 14.7 Å². The van der Waals surface area contributed by atoms with E-state index >= 15 is 0 Å². The van der Waals surface area contributed by atoms with Gasteiger partial charge in [0.1, 0.15) is 6.61 Å². The zero-order chi connectivity index (χ0) is 22.9.